The van der Waals surface area contributed by atoms with Crippen molar-refractivity contribution in [3.05, 3.63) is 77.4 Å². The van der Waals surface area contributed by atoms with Gasteiger partial charge < -0.3 is 0 Å². The van der Waals surface area contributed by atoms with E-state index in [1.165, 1.54) is 36.0 Å². The first-order chi connectivity index (χ1) is 11.3. The van der Waals surface area contributed by atoms with E-state index in [-0.39, 0.29) is 0 Å². The SMILES string of the molecule is BrCc1ccc(C2=CC3CCC(C2)N3Cc2ccccc2)cc1. The molecule has 0 spiro atoms. The molecule has 2 aliphatic heterocycles. The Hall–Kier alpha value is -1.38. The highest BCUT2D eigenvalue weighted by atomic mass is 79.9. The third kappa shape index (κ3) is 3.15. The van der Waals surface area contributed by atoms with Crippen LogP contribution < -0.4 is 0 Å². The molecule has 0 saturated carbocycles. The molecule has 23 heavy (non-hydrogen) atoms. The normalized spacial score (nSPS) is 23.8. The highest BCUT2D eigenvalue weighted by Crippen LogP contribution is 2.39. The molecule has 0 amide bonds. The van der Waals surface area contributed by atoms with Gasteiger partial charge in [0, 0.05) is 24.0 Å². The first kappa shape index (κ1) is 15.2. The second-order valence-electron chi connectivity index (χ2n) is 6.68. The molecule has 0 aromatic heterocycles. The molecule has 4 rings (SSSR count). The predicted octanol–water partition coefficient (Wildman–Crippen LogP) is 5.40. The van der Waals surface area contributed by atoms with Crippen LogP contribution in [-0.2, 0) is 11.9 Å². The number of rotatable bonds is 4. The molecule has 1 fully saturated rings. The summed E-state index contributed by atoms with van der Waals surface area (Å²) >= 11 is 3.53. The van der Waals surface area contributed by atoms with Gasteiger partial charge in [0.1, 0.15) is 0 Å². The zero-order valence-electron chi connectivity index (χ0n) is 13.3. The minimum Gasteiger partial charge on any atom is -0.289 e. The van der Waals surface area contributed by atoms with Gasteiger partial charge in [0.2, 0.25) is 0 Å². The smallest absolute Gasteiger partial charge is 0.0291 e. The fourth-order valence-electron chi connectivity index (χ4n) is 3.98. The minimum atomic E-state index is 0.611. The van der Waals surface area contributed by atoms with Crippen molar-refractivity contribution in [2.45, 2.75) is 43.2 Å². The number of fused-ring (bicyclic) bond motifs is 2. The minimum absolute atomic E-state index is 0.611. The molecule has 2 unspecified atom stereocenters. The lowest BCUT2D eigenvalue weighted by molar-refractivity contribution is 0.203. The standard InChI is InChI=1S/C21H22BrN/c22-14-16-6-8-18(9-7-16)19-12-20-10-11-21(13-19)23(20)15-17-4-2-1-3-5-17/h1-9,12,20-21H,10-11,13-15H2. The van der Waals surface area contributed by atoms with Crippen molar-refractivity contribution in [1.29, 1.82) is 0 Å². The van der Waals surface area contributed by atoms with Gasteiger partial charge in [0.25, 0.3) is 0 Å². The Morgan fingerprint density at radius 1 is 0.913 bits per heavy atom. The van der Waals surface area contributed by atoms with E-state index in [2.05, 4.69) is 81.5 Å². The van der Waals surface area contributed by atoms with Gasteiger partial charge in [0.15, 0.2) is 0 Å². The van der Waals surface area contributed by atoms with Gasteiger partial charge in [-0.1, -0.05) is 76.6 Å². The van der Waals surface area contributed by atoms with Crippen LogP contribution in [0.2, 0.25) is 0 Å². The third-order valence-corrected chi connectivity index (χ3v) is 5.87. The van der Waals surface area contributed by atoms with Crippen LogP contribution in [0.5, 0.6) is 0 Å². The Balaban J connectivity index is 1.54. The molecule has 0 radical (unpaired) electrons. The molecule has 2 aliphatic rings. The van der Waals surface area contributed by atoms with E-state index >= 15 is 0 Å². The molecule has 0 aliphatic carbocycles. The van der Waals surface area contributed by atoms with Gasteiger partial charge >= 0.3 is 0 Å². The predicted molar refractivity (Wildman–Crippen MR) is 100 cm³/mol. The summed E-state index contributed by atoms with van der Waals surface area (Å²) in [6, 6.07) is 21.3. The fourth-order valence-corrected chi connectivity index (χ4v) is 4.35. The number of hydrogen-bond donors (Lipinski definition) is 0. The molecule has 118 valence electrons. The largest absolute Gasteiger partial charge is 0.289 e. The van der Waals surface area contributed by atoms with Crippen LogP contribution in [0.15, 0.2) is 60.7 Å². The summed E-state index contributed by atoms with van der Waals surface area (Å²) < 4.78 is 0. The molecule has 1 saturated heterocycles. The van der Waals surface area contributed by atoms with E-state index in [0.29, 0.717) is 12.1 Å². The zero-order chi connectivity index (χ0) is 15.6. The van der Waals surface area contributed by atoms with Crippen LogP contribution in [-0.4, -0.2) is 17.0 Å². The summed E-state index contributed by atoms with van der Waals surface area (Å²) in [5.74, 6) is 0. The van der Waals surface area contributed by atoms with Crippen LogP contribution >= 0.6 is 15.9 Å². The lowest BCUT2D eigenvalue weighted by atomic mass is 9.94. The van der Waals surface area contributed by atoms with Crippen molar-refractivity contribution in [1.82, 2.24) is 4.90 Å². The van der Waals surface area contributed by atoms with E-state index < -0.39 is 0 Å². The van der Waals surface area contributed by atoms with Gasteiger partial charge in [-0.3, -0.25) is 4.90 Å². The van der Waals surface area contributed by atoms with E-state index in [9.17, 15) is 0 Å². The van der Waals surface area contributed by atoms with Crippen molar-refractivity contribution in [2.75, 3.05) is 0 Å². The number of nitrogens with zero attached hydrogens (tertiary/aromatic N) is 1. The van der Waals surface area contributed by atoms with Crippen molar-refractivity contribution < 1.29 is 0 Å². The fraction of sp³-hybridized carbons (Fsp3) is 0.333. The van der Waals surface area contributed by atoms with E-state index in [0.717, 1.165) is 11.9 Å². The van der Waals surface area contributed by atoms with Crippen molar-refractivity contribution >= 4 is 21.5 Å². The Labute approximate surface area is 147 Å². The first-order valence-electron chi connectivity index (χ1n) is 8.49. The van der Waals surface area contributed by atoms with E-state index in [1.807, 2.05) is 0 Å². The number of hydrogen-bond acceptors (Lipinski definition) is 1. The van der Waals surface area contributed by atoms with Gasteiger partial charge in [-0.15, -0.1) is 0 Å². The molecular formula is C21H22BrN. The van der Waals surface area contributed by atoms with Gasteiger partial charge in [-0.05, 0) is 41.5 Å². The first-order valence-corrected chi connectivity index (χ1v) is 9.61. The van der Waals surface area contributed by atoms with Crippen molar-refractivity contribution in [3.8, 4) is 0 Å². The van der Waals surface area contributed by atoms with Gasteiger partial charge in [-0.25, -0.2) is 0 Å². The number of benzene rings is 2. The lowest BCUT2D eigenvalue weighted by Crippen LogP contribution is -2.37. The van der Waals surface area contributed by atoms with Crippen LogP contribution in [0, 0.1) is 0 Å². The average molecular weight is 368 g/mol. The van der Waals surface area contributed by atoms with E-state index in [1.54, 1.807) is 5.57 Å². The molecule has 2 atom stereocenters. The Kier molecular flexibility index (Phi) is 4.37. The Morgan fingerprint density at radius 3 is 2.39 bits per heavy atom. The molecule has 2 bridgehead atoms. The monoisotopic (exact) mass is 367 g/mol. The van der Waals surface area contributed by atoms with E-state index in [4.69, 9.17) is 0 Å². The van der Waals surface area contributed by atoms with Crippen LogP contribution in [0.25, 0.3) is 5.57 Å². The molecule has 2 aromatic rings. The average Bonchev–Trinajstić information content (AvgIpc) is 2.84. The second kappa shape index (κ2) is 6.62. The lowest BCUT2D eigenvalue weighted by Gasteiger charge is -2.34. The van der Waals surface area contributed by atoms with Gasteiger partial charge in [0.05, 0.1) is 0 Å². The maximum absolute atomic E-state index is 3.53. The topological polar surface area (TPSA) is 3.24 Å². The summed E-state index contributed by atoms with van der Waals surface area (Å²) in [5.41, 5.74) is 5.73. The highest BCUT2D eigenvalue weighted by Gasteiger charge is 2.36. The molecular weight excluding hydrogens is 346 g/mol. The Bertz CT molecular complexity index is 690. The number of halogens is 1. The highest BCUT2D eigenvalue weighted by molar-refractivity contribution is 9.08. The molecule has 0 N–H and O–H groups in total. The number of alkyl halides is 1. The molecule has 2 heteroatoms. The quantitative estimate of drug-likeness (QED) is 0.653. The van der Waals surface area contributed by atoms with Crippen LogP contribution in [0.4, 0.5) is 0 Å². The Morgan fingerprint density at radius 2 is 1.70 bits per heavy atom. The van der Waals surface area contributed by atoms with Gasteiger partial charge in [-0.2, -0.15) is 0 Å². The third-order valence-electron chi connectivity index (χ3n) is 5.23. The summed E-state index contributed by atoms with van der Waals surface area (Å²) in [4.78, 5) is 2.70. The molecule has 2 aromatic carbocycles. The maximum atomic E-state index is 3.53. The summed E-state index contributed by atoms with van der Waals surface area (Å²) in [6.45, 7) is 1.09. The summed E-state index contributed by atoms with van der Waals surface area (Å²) in [5, 5.41) is 0.933. The molecule has 1 nitrogen and oxygen atoms in total. The maximum Gasteiger partial charge on any atom is 0.0291 e. The van der Waals surface area contributed by atoms with Crippen molar-refractivity contribution in [2.24, 2.45) is 0 Å². The van der Waals surface area contributed by atoms with Crippen LogP contribution in [0.3, 0.4) is 0 Å². The summed E-state index contributed by atoms with van der Waals surface area (Å²) in [7, 11) is 0. The summed E-state index contributed by atoms with van der Waals surface area (Å²) in [6.07, 6.45) is 6.35. The van der Waals surface area contributed by atoms with Crippen LogP contribution in [0.1, 0.15) is 36.0 Å². The zero-order valence-corrected chi connectivity index (χ0v) is 14.9. The van der Waals surface area contributed by atoms with Crippen molar-refractivity contribution in [3.63, 3.8) is 0 Å². The second-order valence-corrected chi connectivity index (χ2v) is 7.24. The molecule has 2 heterocycles.